The Morgan fingerprint density at radius 2 is 1.36 bits per heavy atom. The van der Waals surface area contributed by atoms with E-state index < -0.39 is 13.5 Å². The van der Waals surface area contributed by atoms with Crippen LogP contribution in [0.2, 0.25) is 0 Å². The number of hydrogen-bond donors (Lipinski definition) is 0. The Morgan fingerprint density at radius 3 is 1.94 bits per heavy atom. The second kappa shape index (κ2) is 13.6. The Kier molecular flexibility index (Phi) is 9.48. The van der Waals surface area contributed by atoms with Crippen LogP contribution in [-0.2, 0) is 18.9 Å². The molecule has 50 heavy (non-hydrogen) atoms. The molecule has 0 amide bonds. The molecule has 1 saturated heterocycles. The third-order valence-electron chi connectivity index (χ3n) is 10.3. The van der Waals surface area contributed by atoms with Gasteiger partial charge in [-0.25, -0.2) is 6.54 Å². The molecule has 0 aromatic heterocycles. The first kappa shape index (κ1) is 34.9. The van der Waals surface area contributed by atoms with Gasteiger partial charge in [0, 0.05) is 17.1 Å². The number of benzene rings is 5. The fraction of sp³-hybridized carbons (Fsp3) is 0.244. The van der Waals surface area contributed by atoms with E-state index in [1.807, 2.05) is 48.8 Å². The van der Waals surface area contributed by atoms with Gasteiger partial charge in [-0.3, -0.25) is 0 Å². The zero-order valence-electron chi connectivity index (χ0n) is 29.7. The van der Waals surface area contributed by atoms with Crippen LogP contribution in [0.1, 0.15) is 78.1 Å². The Balaban J connectivity index is 0.000000171. The fourth-order valence-corrected chi connectivity index (χ4v) is 10.3. The molecule has 5 heteroatoms. The molecule has 5 aromatic carbocycles. The molecule has 258 valence electrons. The predicted octanol–water partition coefficient (Wildman–Crippen LogP) is 12.0. The van der Waals surface area contributed by atoms with Crippen LogP contribution in [0.3, 0.4) is 0 Å². The van der Waals surface area contributed by atoms with Crippen molar-refractivity contribution in [1.82, 2.24) is 0 Å². The molecule has 2 bridgehead atoms. The third-order valence-corrected chi connectivity index (χ3v) is 12.2. The second-order valence-corrected chi connectivity index (χ2v) is 20.1. The predicted molar refractivity (Wildman–Crippen MR) is 210 cm³/mol. The van der Waals surface area contributed by atoms with E-state index in [4.69, 9.17) is 24.1 Å². The summed E-state index contributed by atoms with van der Waals surface area (Å²) in [7, 11) is 12.0. The van der Waals surface area contributed by atoms with E-state index in [0.29, 0.717) is 5.92 Å². The van der Waals surface area contributed by atoms with Crippen molar-refractivity contribution in [3.63, 3.8) is 0 Å². The maximum Gasteiger partial charge on any atom is 0.0276 e. The summed E-state index contributed by atoms with van der Waals surface area (Å²) >= 11 is -1.89. The zero-order chi connectivity index (χ0) is 35.4. The molecule has 3 aliphatic carbocycles. The van der Waals surface area contributed by atoms with Crippen LogP contribution in [0.25, 0.3) is 11.1 Å². The van der Waals surface area contributed by atoms with Crippen molar-refractivity contribution in [2.75, 3.05) is 4.90 Å². The first-order valence-electron chi connectivity index (χ1n) is 17.3. The van der Waals surface area contributed by atoms with Crippen LogP contribution in [0.4, 0.5) is 5.69 Å². The van der Waals surface area contributed by atoms with Crippen molar-refractivity contribution in [3.05, 3.63) is 172 Å². The Morgan fingerprint density at radius 1 is 0.780 bits per heavy atom. The summed E-state index contributed by atoms with van der Waals surface area (Å²) in [6, 6.07) is 39.1. The molecule has 0 N–H and O–H groups in total. The van der Waals surface area contributed by atoms with E-state index in [0.717, 1.165) is 22.4 Å². The van der Waals surface area contributed by atoms with Gasteiger partial charge in [-0.2, -0.15) is 0 Å². The summed E-state index contributed by atoms with van der Waals surface area (Å²) < 4.78 is 7.93. The van der Waals surface area contributed by atoms with Crippen LogP contribution in [0, 0.1) is 27.3 Å². The molecule has 0 atom stereocenters. The van der Waals surface area contributed by atoms with Crippen molar-refractivity contribution in [2.24, 2.45) is 0 Å². The van der Waals surface area contributed by atoms with Crippen molar-refractivity contribution >= 4 is 29.7 Å². The molecule has 0 saturated carbocycles. The van der Waals surface area contributed by atoms with Gasteiger partial charge in [0.05, 0.1) is 0 Å². The maximum absolute atomic E-state index is 6.02. The number of halogens is 2. The van der Waals surface area contributed by atoms with E-state index in [1.54, 1.807) is 0 Å². The molecule has 1 spiro atoms. The van der Waals surface area contributed by atoms with Crippen LogP contribution in [0.5, 0.6) is 5.75 Å². The van der Waals surface area contributed by atoms with Gasteiger partial charge in [0.25, 0.3) is 0 Å². The van der Waals surface area contributed by atoms with Gasteiger partial charge < -0.3 is 4.90 Å². The number of hydrogen-bond acceptors (Lipinski definition) is 2. The molecule has 5 aromatic rings. The molecular formula is C45H44Cl2NORu-. The van der Waals surface area contributed by atoms with Crippen LogP contribution in [0.15, 0.2) is 121 Å². The van der Waals surface area contributed by atoms with Gasteiger partial charge in [-0.05, 0) is 56.9 Å². The van der Waals surface area contributed by atoms with Crippen LogP contribution < -0.4 is 9.64 Å². The van der Waals surface area contributed by atoms with Crippen molar-refractivity contribution in [1.29, 1.82) is 0 Å². The minimum absolute atomic E-state index is 0.0932. The summed E-state index contributed by atoms with van der Waals surface area (Å²) in [6.45, 7) is 18.1. The zero-order valence-corrected chi connectivity index (χ0v) is 33.0. The topological polar surface area (TPSA) is 12.5 Å². The quantitative estimate of drug-likeness (QED) is 0.0999. The number of anilines is 1. The first-order chi connectivity index (χ1) is 23.9. The fourth-order valence-electron chi connectivity index (χ4n) is 8.54. The molecule has 2 nitrogen and oxygen atoms in total. The standard InChI is InChI=1S/C29H28N.C16H16O.2ClH.Ru/c1-18-14-19(2)27(20(3)15-18)30-17-29-24-12-8-6-10-21(24)23(16-26(29)28(30,4)5)22-11-7-9-13-25(22)29;1-12(2)17-16-13(3)8-7-11-15(16)14-9-5-4-6-10-14;;;/h6-17,23H,1-5H3;3-12H,1-2H3;2*1H;/q-1;;;;+2/p-2. The minimum Gasteiger partial charge on any atom is -0.513 e. The van der Waals surface area contributed by atoms with E-state index in [1.165, 1.54) is 50.2 Å². The molecular weight excluding hydrogens is 742 g/mol. The summed E-state index contributed by atoms with van der Waals surface area (Å²) in [5.74, 6) is 1.20. The Hall–Kier alpha value is -3.49. The number of para-hydroxylation sites is 1. The van der Waals surface area contributed by atoms with E-state index in [-0.39, 0.29) is 17.1 Å². The SMILES string of the molecule is CC(C)Oc1c([CH]=[Ru]([Cl])[Cl])cccc1-c1ccccc1.Cc1cc(C)c(N2[CH-]C34C(=CC(c5ccccc53)c3ccccc34)C2(C)C)c(C)c1. The molecule has 1 aliphatic heterocycles. The van der Waals surface area contributed by atoms with Gasteiger partial charge in [0.15, 0.2) is 0 Å². The molecule has 4 aliphatic rings. The smallest absolute Gasteiger partial charge is 0.0276 e. The van der Waals surface area contributed by atoms with Gasteiger partial charge in [-0.15, -0.1) is 0 Å². The second-order valence-electron chi connectivity index (χ2n) is 14.4. The van der Waals surface area contributed by atoms with E-state index in [9.17, 15) is 0 Å². The van der Waals surface area contributed by atoms with E-state index >= 15 is 0 Å². The normalized spacial score (nSPS) is 19.5. The van der Waals surface area contributed by atoms with Crippen molar-refractivity contribution in [2.45, 2.75) is 71.4 Å². The number of ether oxygens (including phenoxy) is 1. The third kappa shape index (κ3) is 5.90. The Bertz CT molecular complexity index is 2070. The molecule has 1 heterocycles. The molecule has 9 rings (SSSR count). The van der Waals surface area contributed by atoms with Crippen LogP contribution in [-0.4, -0.2) is 16.3 Å². The summed E-state index contributed by atoms with van der Waals surface area (Å²) in [4.78, 5) is 2.57. The first-order valence-corrected chi connectivity index (χ1v) is 22.7. The Labute approximate surface area is 311 Å². The van der Waals surface area contributed by atoms with Gasteiger partial charge in [-0.1, -0.05) is 94.4 Å². The number of aryl methyl sites for hydroxylation is 3. The largest absolute Gasteiger partial charge is 0.513 e. The molecule has 0 unspecified atom stereocenters. The van der Waals surface area contributed by atoms with Crippen LogP contribution >= 0.6 is 19.4 Å². The molecule has 1 fully saturated rings. The van der Waals surface area contributed by atoms with E-state index in [2.05, 4.69) is 131 Å². The summed E-state index contributed by atoms with van der Waals surface area (Å²) in [5.41, 5.74) is 15.7. The molecule has 0 radical (unpaired) electrons. The number of allylic oxidation sites excluding steroid dienone is 1. The van der Waals surface area contributed by atoms with Gasteiger partial charge >= 0.3 is 133 Å². The van der Waals surface area contributed by atoms with Gasteiger partial charge in [0.2, 0.25) is 0 Å². The average Bonchev–Trinajstić information content (AvgIpc) is 3.33. The summed E-state index contributed by atoms with van der Waals surface area (Å²) in [5, 5.41) is 0. The maximum atomic E-state index is 6.02. The summed E-state index contributed by atoms with van der Waals surface area (Å²) in [6.07, 6.45) is 2.67. The monoisotopic (exact) mass is 786 g/mol. The van der Waals surface area contributed by atoms with Crippen molar-refractivity contribution < 1.29 is 18.3 Å². The number of nitrogens with zero attached hydrogens (tertiary/aromatic N) is 1. The minimum atomic E-state index is -1.89. The van der Waals surface area contributed by atoms with Crippen molar-refractivity contribution in [3.8, 4) is 16.9 Å². The van der Waals surface area contributed by atoms with Gasteiger partial charge in [0.1, 0.15) is 0 Å². The average molecular weight is 787 g/mol. The number of rotatable bonds is 5.